The second kappa shape index (κ2) is 5.54. The average molecular weight is 242 g/mol. The Morgan fingerprint density at radius 3 is 2.50 bits per heavy atom. The van der Waals surface area contributed by atoms with Crippen LogP contribution in [0.25, 0.3) is 0 Å². The first kappa shape index (κ1) is 12.4. The first-order valence-electron chi connectivity index (χ1n) is 6.04. The summed E-state index contributed by atoms with van der Waals surface area (Å²) in [7, 11) is 3.81. The number of likely N-dealkylation sites (N-methyl/N-ethyl adjacent to an activating group) is 1. The Labute approximate surface area is 108 Å². The van der Waals surface area contributed by atoms with Gasteiger partial charge in [0, 0.05) is 33.0 Å². The van der Waals surface area contributed by atoms with E-state index in [1.807, 2.05) is 67.5 Å². The van der Waals surface area contributed by atoms with Crippen molar-refractivity contribution < 1.29 is 4.79 Å². The van der Waals surface area contributed by atoms with E-state index in [0.29, 0.717) is 13.0 Å². The van der Waals surface area contributed by atoms with Crippen LogP contribution in [0.1, 0.15) is 11.1 Å². The van der Waals surface area contributed by atoms with Crippen LogP contribution in [-0.2, 0) is 24.8 Å². The zero-order chi connectivity index (χ0) is 13.0. The highest BCUT2D eigenvalue weighted by atomic mass is 16.2. The molecule has 18 heavy (non-hydrogen) atoms. The lowest BCUT2D eigenvalue weighted by molar-refractivity contribution is -0.129. The highest BCUT2D eigenvalue weighted by molar-refractivity contribution is 5.78. The Balaban J connectivity index is 1.93. The van der Waals surface area contributed by atoms with Gasteiger partial charge in [0.05, 0.1) is 6.42 Å². The normalized spacial score (nSPS) is 10.3. The Morgan fingerprint density at radius 1 is 1.17 bits per heavy atom. The Kier molecular flexibility index (Phi) is 3.82. The lowest BCUT2D eigenvalue weighted by atomic mass is 10.2. The molecule has 1 amide bonds. The van der Waals surface area contributed by atoms with E-state index in [-0.39, 0.29) is 5.91 Å². The molecule has 0 unspecified atom stereocenters. The van der Waals surface area contributed by atoms with Crippen molar-refractivity contribution >= 4 is 5.91 Å². The molecule has 0 aliphatic carbocycles. The number of aromatic nitrogens is 1. The summed E-state index contributed by atoms with van der Waals surface area (Å²) < 4.78 is 1.96. The number of rotatable bonds is 4. The molecule has 0 N–H and O–H groups in total. The highest BCUT2D eigenvalue weighted by Gasteiger charge is 2.10. The molecule has 0 atom stereocenters. The van der Waals surface area contributed by atoms with Gasteiger partial charge in [0.25, 0.3) is 0 Å². The molecule has 0 aliphatic rings. The van der Waals surface area contributed by atoms with Crippen molar-refractivity contribution in [1.29, 1.82) is 0 Å². The van der Waals surface area contributed by atoms with Crippen molar-refractivity contribution in [2.75, 3.05) is 7.05 Å². The molecule has 94 valence electrons. The van der Waals surface area contributed by atoms with Crippen molar-refractivity contribution in [2.24, 2.45) is 7.05 Å². The molecule has 0 spiro atoms. The second-order valence-corrected chi connectivity index (χ2v) is 4.60. The van der Waals surface area contributed by atoms with Crippen LogP contribution in [0.3, 0.4) is 0 Å². The third-order valence-electron chi connectivity index (χ3n) is 2.94. The number of aryl methyl sites for hydroxylation is 1. The van der Waals surface area contributed by atoms with Crippen LogP contribution in [0.4, 0.5) is 0 Å². The van der Waals surface area contributed by atoms with Crippen molar-refractivity contribution in [3.8, 4) is 0 Å². The monoisotopic (exact) mass is 242 g/mol. The molecule has 0 saturated carbocycles. The van der Waals surface area contributed by atoms with Crippen molar-refractivity contribution in [1.82, 2.24) is 9.47 Å². The molecule has 0 saturated heterocycles. The van der Waals surface area contributed by atoms with Crippen LogP contribution in [0.5, 0.6) is 0 Å². The number of hydrogen-bond acceptors (Lipinski definition) is 1. The SMILES string of the molecule is CN(Cc1ccccc1)C(=O)Cc1ccn(C)c1. The third-order valence-corrected chi connectivity index (χ3v) is 2.94. The number of amides is 1. The maximum Gasteiger partial charge on any atom is 0.227 e. The molecule has 1 heterocycles. The van der Waals surface area contributed by atoms with E-state index in [9.17, 15) is 4.79 Å². The number of hydrogen-bond donors (Lipinski definition) is 0. The summed E-state index contributed by atoms with van der Waals surface area (Å²) in [6.45, 7) is 0.659. The molecule has 0 radical (unpaired) electrons. The molecule has 0 fully saturated rings. The summed E-state index contributed by atoms with van der Waals surface area (Å²) in [6, 6.07) is 12.0. The predicted molar refractivity (Wildman–Crippen MR) is 72.0 cm³/mol. The third kappa shape index (κ3) is 3.23. The largest absolute Gasteiger partial charge is 0.357 e. The maximum atomic E-state index is 12.0. The molecule has 1 aromatic carbocycles. The predicted octanol–water partition coefficient (Wildman–Crippen LogP) is 2.23. The zero-order valence-electron chi connectivity index (χ0n) is 10.8. The summed E-state index contributed by atoms with van der Waals surface area (Å²) >= 11 is 0. The van der Waals surface area contributed by atoms with Gasteiger partial charge in [-0.25, -0.2) is 0 Å². The van der Waals surface area contributed by atoms with Crippen molar-refractivity contribution in [2.45, 2.75) is 13.0 Å². The maximum absolute atomic E-state index is 12.0. The molecule has 2 aromatic rings. The lowest BCUT2D eigenvalue weighted by Crippen LogP contribution is -2.27. The van der Waals surface area contributed by atoms with Gasteiger partial charge in [-0.1, -0.05) is 30.3 Å². The van der Waals surface area contributed by atoms with E-state index in [2.05, 4.69) is 0 Å². The minimum absolute atomic E-state index is 0.144. The minimum atomic E-state index is 0.144. The summed E-state index contributed by atoms with van der Waals surface area (Å²) in [6.07, 6.45) is 4.40. The van der Waals surface area contributed by atoms with E-state index >= 15 is 0 Å². The number of carbonyl (C=O) groups is 1. The quantitative estimate of drug-likeness (QED) is 0.807. The van der Waals surface area contributed by atoms with Crippen LogP contribution in [0.15, 0.2) is 48.8 Å². The van der Waals surface area contributed by atoms with Gasteiger partial charge in [-0.15, -0.1) is 0 Å². The van der Waals surface area contributed by atoms with Gasteiger partial charge in [-0.2, -0.15) is 0 Å². The molecule has 0 bridgehead atoms. The van der Waals surface area contributed by atoms with Gasteiger partial charge in [0.2, 0.25) is 5.91 Å². The first-order chi connectivity index (χ1) is 8.65. The van der Waals surface area contributed by atoms with Crippen LogP contribution < -0.4 is 0 Å². The molecular weight excluding hydrogens is 224 g/mol. The summed E-state index contributed by atoms with van der Waals surface area (Å²) in [5, 5.41) is 0. The van der Waals surface area contributed by atoms with Gasteiger partial charge in [-0.05, 0) is 17.2 Å². The number of nitrogens with zero attached hydrogens (tertiary/aromatic N) is 2. The molecular formula is C15H18N2O. The van der Waals surface area contributed by atoms with Crippen LogP contribution >= 0.6 is 0 Å². The Bertz CT molecular complexity index is 516. The summed E-state index contributed by atoms with van der Waals surface area (Å²) in [5.74, 6) is 0.144. The van der Waals surface area contributed by atoms with Crippen molar-refractivity contribution in [3.05, 3.63) is 59.9 Å². The summed E-state index contributed by atoms with van der Waals surface area (Å²) in [5.41, 5.74) is 2.21. The van der Waals surface area contributed by atoms with Gasteiger partial charge in [0.1, 0.15) is 0 Å². The fourth-order valence-electron chi connectivity index (χ4n) is 1.92. The van der Waals surface area contributed by atoms with Gasteiger partial charge in [0.15, 0.2) is 0 Å². The highest BCUT2D eigenvalue weighted by Crippen LogP contribution is 2.06. The average Bonchev–Trinajstić information content (AvgIpc) is 2.76. The van der Waals surface area contributed by atoms with Crippen molar-refractivity contribution in [3.63, 3.8) is 0 Å². The Hall–Kier alpha value is -2.03. The fourth-order valence-corrected chi connectivity index (χ4v) is 1.92. The van der Waals surface area contributed by atoms with Crippen LogP contribution in [0, 0.1) is 0 Å². The van der Waals surface area contributed by atoms with E-state index in [0.717, 1.165) is 11.1 Å². The smallest absolute Gasteiger partial charge is 0.227 e. The molecule has 0 aliphatic heterocycles. The Morgan fingerprint density at radius 2 is 1.89 bits per heavy atom. The van der Waals surface area contributed by atoms with E-state index in [4.69, 9.17) is 0 Å². The second-order valence-electron chi connectivity index (χ2n) is 4.60. The summed E-state index contributed by atoms with van der Waals surface area (Å²) in [4.78, 5) is 13.8. The van der Waals surface area contributed by atoms with Gasteiger partial charge in [-0.3, -0.25) is 4.79 Å². The lowest BCUT2D eigenvalue weighted by Gasteiger charge is -2.16. The topological polar surface area (TPSA) is 25.2 Å². The molecule has 2 rings (SSSR count). The molecule has 3 heteroatoms. The van der Waals surface area contributed by atoms with Crippen LogP contribution in [0.2, 0.25) is 0 Å². The standard InChI is InChI=1S/C15H18N2O/c1-16-9-8-14(11-16)10-15(18)17(2)12-13-6-4-3-5-7-13/h3-9,11H,10,12H2,1-2H3. The fraction of sp³-hybridized carbons (Fsp3) is 0.267. The van der Waals surface area contributed by atoms with E-state index < -0.39 is 0 Å². The molecule has 1 aromatic heterocycles. The number of carbonyl (C=O) groups excluding carboxylic acids is 1. The van der Waals surface area contributed by atoms with E-state index in [1.165, 1.54) is 0 Å². The van der Waals surface area contributed by atoms with E-state index in [1.54, 1.807) is 4.90 Å². The minimum Gasteiger partial charge on any atom is -0.357 e. The van der Waals surface area contributed by atoms with Crippen LogP contribution in [-0.4, -0.2) is 22.4 Å². The van der Waals surface area contributed by atoms with Gasteiger partial charge >= 0.3 is 0 Å². The van der Waals surface area contributed by atoms with Gasteiger partial charge < -0.3 is 9.47 Å². The zero-order valence-corrected chi connectivity index (χ0v) is 10.8. The number of benzene rings is 1. The molecule has 3 nitrogen and oxygen atoms in total. The first-order valence-corrected chi connectivity index (χ1v) is 6.04.